The van der Waals surface area contributed by atoms with Crippen LogP contribution in [0.4, 0.5) is 11.4 Å². The van der Waals surface area contributed by atoms with Crippen LogP contribution < -0.4 is 15.2 Å². The van der Waals surface area contributed by atoms with Gasteiger partial charge in [0, 0.05) is 17.2 Å². The van der Waals surface area contributed by atoms with E-state index in [2.05, 4.69) is 0 Å². The Kier molecular flexibility index (Phi) is 8.62. The van der Waals surface area contributed by atoms with Crippen LogP contribution in [-0.2, 0) is 0 Å². The van der Waals surface area contributed by atoms with Crippen molar-refractivity contribution >= 4 is 23.3 Å². The molecular weight excluding hydrogens is 492 g/mol. The fourth-order valence-electron chi connectivity index (χ4n) is 3.76. The molecule has 4 N–H and O–H groups in total. The second-order valence-electron chi connectivity index (χ2n) is 7.82. The van der Waals surface area contributed by atoms with Crippen LogP contribution in [0.25, 0.3) is 22.3 Å². The SMILES string of the molecule is COc1c(-c2cccc(C(=O)O)c2)cccc1[N+](=O)[O-].COc1c(N)cccc1-c1cccc(C(=O)O)c1. The third kappa shape index (κ3) is 6.05. The number of rotatable bonds is 7. The first kappa shape index (κ1) is 27.2. The first-order chi connectivity index (χ1) is 18.2. The highest BCUT2D eigenvalue weighted by Gasteiger charge is 2.19. The molecule has 194 valence electrons. The molecule has 10 heteroatoms. The van der Waals surface area contributed by atoms with Crippen molar-refractivity contribution in [1.29, 1.82) is 0 Å². The average Bonchev–Trinajstić information content (AvgIpc) is 2.92. The zero-order valence-corrected chi connectivity index (χ0v) is 20.5. The van der Waals surface area contributed by atoms with Crippen LogP contribution in [0.15, 0.2) is 84.9 Å². The number of methoxy groups -OCH3 is 2. The first-order valence-electron chi connectivity index (χ1n) is 11.1. The molecule has 0 saturated heterocycles. The number of nitro groups is 1. The number of para-hydroxylation sites is 2. The van der Waals surface area contributed by atoms with Gasteiger partial charge in [0.1, 0.15) is 5.75 Å². The van der Waals surface area contributed by atoms with Crippen molar-refractivity contribution in [2.75, 3.05) is 20.0 Å². The molecule has 4 aromatic rings. The minimum absolute atomic E-state index is 0.107. The number of ether oxygens (including phenoxy) is 2. The Morgan fingerprint density at radius 1 is 0.737 bits per heavy atom. The average molecular weight is 517 g/mol. The largest absolute Gasteiger partial charge is 0.494 e. The van der Waals surface area contributed by atoms with E-state index in [4.69, 9.17) is 25.4 Å². The summed E-state index contributed by atoms with van der Waals surface area (Å²) in [6.07, 6.45) is 0. The Balaban J connectivity index is 0.000000212. The summed E-state index contributed by atoms with van der Waals surface area (Å²) < 4.78 is 10.4. The minimum atomic E-state index is -1.06. The highest BCUT2D eigenvalue weighted by atomic mass is 16.6. The molecule has 0 aliphatic rings. The van der Waals surface area contributed by atoms with Crippen LogP contribution in [0.5, 0.6) is 11.5 Å². The fraction of sp³-hybridized carbons (Fsp3) is 0.0714. The maximum absolute atomic E-state index is 11.0. The number of aromatic carboxylic acids is 2. The van der Waals surface area contributed by atoms with E-state index in [1.54, 1.807) is 48.5 Å². The van der Waals surface area contributed by atoms with E-state index in [1.807, 2.05) is 12.1 Å². The lowest BCUT2D eigenvalue weighted by Crippen LogP contribution is -1.98. The van der Waals surface area contributed by atoms with Crippen LogP contribution in [0.3, 0.4) is 0 Å². The Morgan fingerprint density at radius 2 is 1.18 bits per heavy atom. The van der Waals surface area contributed by atoms with Gasteiger partial charge in [-0.25, -0.2) is 9.59 Å². The van der Waals surface area contributed by atoms with Gasteiger partial charge < -0.3 is 25.4 Å². The lowest BCUT2D eigenvalue weighted by Gasteiger charge is -2.11. The normalized spacial score (nSPS) is 10.1. The van der Waals surface area contributed by atoms with Gasteiger partial charge in [0.2, 0.25) is 5.75 Å². The van der Waals surface area contributed by atoms with Crippen molar-refractivity contribution in [2.24, 2.45) is 0 Å². The van der Waals surface area contributed by atoms with Gasteiger partial charge in [0.25, 0.3) is 0 Å². The molecular formula is C28H24N2O8. The van der Waals surface area contributed by atoms with Crippen LogP contribution >= 0.6 is 0 Å². The molecule has 0 fully saturated rings. The molecule has 0 aliphatic carbocycles. The number of carbonyl (C=O) groups is 2. The number of hydrogen-bond donors (Lipinski definition) is 3. The molecule has 0 spiro atoms. The molecule has 0 unspecified atom stereocenters. The van der Waals surface area contributed by atoms with Crippen molar-refractivity contribution < 1.29 is 34.2 Å². The first-order valence-corrected chi connectivity index (χ1v) is 11.1. The zero-order chi connectivity index (χ0) is 27.8. The molecule has 38 heavy (non-hydrogen) atoms. The van der Waals surface area contributed by atoms with E-state index >= 15 is 0 Å². The number of nitrogens with two attached hydrogens (primary N) is 1. The molecule has 0 aromatic heterocycles. The summed E-state index contributed by atoms with van der Waals surface area (Å²) in [6, 6.07) is 22.7. The van der Waals surface area contributed by atoms with E-state index in [9.17, 15) is 19.7 Å². The van der Waals surface area contributed by atoms with Gasteiger partial charge in [0.05, 0.1) is 36.0 Å². The van der Waals surface area contributed by atoms with Crippen LogP contribution in [0, 0.1) is 10.1 Å². The fourth-order valence-corrected chi connectivity index (χ4v) is 3.76. The Bertz CT molecular complexity index is 1500. The Labute approximate surface area is 217 Å². The van der Waals surface area contributed by atoms with Crippen molar-refractivity contribution in [2.45, 2.75) is 0 Å². The maximum atomic E-state index is 11.0. The van der Waals surface area contributed by atoms with E-state index in [0.717, 1.165) is 11.1 Å². The Morgan fingerprint density at radius 3 is 1.63 bits per heavy atom. The summed E-state index contributed by atoms with van der Waals surface area (Å²) in [6.45, 7) is 0. The van der Waals surface area contributed by atoms with E-state index < -0.39 is 16.9 Å². The summed E-state index contributed by atoms with van der Waals surface area (Å²) in [5.41, 5.74) is 9.09. The highest BCUT2D eigenvalue weighted by molar-refractivity contribution is 5.91. The Hall–Kier alpha value is -5.38. The number of carboxylic acids is 2. The monoisotopic (exact) mass is 516 g/mol. The summed E-state index contributed by atoms with van der Waals surface area (Å²) in [4.78, 5) is 32.4. The van der Waals surface area contributed by atoms with Crippen molar-refractivity contribution in [3.63, 3.8) is 0 Å². The predicted molar refractivity (Wildman–Crippen MR) is 142 cm³/mol. The highest BCUT2D eigenvalue weighted by Crippen LogP contribution is 2.38. The molecule has 0 radical (unpaired) electrons. The van der Waals surface area contributed by atoms with Gasteiger partial charge in [-0.15, -0.1) is 0 Å². The molecule has 10 nitrogen and oxygen atoms in total. The minimum Gasteiger partial charge on any atom is -0.494 e. The number of carboxylic acid groups (broad SMARTS) is 2. The standard InChI is InChI=1S/C14H11NO5.C14H13NO3/c1-20-13-11(6-3-7-12(13)15(18)19)9-4-2-5-10(8-9)14(16)17;1-18-13-11(6-3-7-12(13)15)9-4-2-5-10(8-9)14(16)17/h2-8H,1H3,(H,16,17);2-8H,15H2,1H3,(H,16,17). The van der Waals surface area contributed by atoms with Gasteiger partial charge in [-0.3, -0.25) is 10.1 Å². The second-order valence-corrected chi connectivity index (χ2v) is 7.82. The molecule has 0 bridgehead atoms. The summed E-state index contributed by atoms with van der Waals surface area (Å²) >= 11 is 0. The number of nitrogen functional groups attached to an aromatic ring is 1. The summed E-state index contributed by atoms with van der Waals surface area (Å²) in [5.74, 6) is -1.35. The number of anilines is 1. The van der Waals surface area contributed by atoms with Crippen LogP contribution in [-0.4, -0.2) is 41.3 Å². The van der Waals surface area contributed by atoms with E-state index in [0.29, 0.717) is 22.6 Å². The van der Waals surface area contributed by atoms with Crippen molar-refractivity contribution in [3.8, 4) is 33.8 Å². The third-order valence-corrected chi connectivity index (χ3v) is 5.49. The summed E-state index contributed by atoms with van der Waals surface area (Å²) in [5, 5.41) is 28.9. The second kappa shape index (κ2) is 12.0. The third-order valence-electron chi connectivity index (χ3n) is 5.49. The number of nitro benzene ring substituents is 1. The van der Waals surface area contributed by atoms with E-state index in [-0.39, 0.29) is 22.6 Å². The number of benzene rings is 4. The molecule has 0 saturated carbocycles. The zero-order valence-electron chi connectivity index (χ0n) is 20.5. The van der Waals surface area contributed by atoms with Gasteiger partial charge in [-0.05, 0) is 41.5 Å². The van der Waals surface area contributed by atoms with Gasteiger partial charge in [-0.2, -0.15) is 0 Å². The predicted octanol–water partition coefficient (Wildman–Crippen LogP) is 5.61. The maximum Gasteiger partial charge on any atom is 0.335 e. The lowest BCUT2D eigenvalue weighted by atomic mass is 10.0. The molecule has 0 aliphatic heterocycles. The molecule has 0 atom stereocenters. The topological polar surface area (TPSA) is 162 Å². The van der Waals surface area contributed by atoms with Gasteiger partial charge in [0.15, 0.2) is 0 Å². The van der Waals surface area contributed by atoms with Crippen LogP contribution in [0.1, 0.15) is 20.7 Å². The molecule has 4 aromatic carbocycles. The number of nitrogens with zero attached hydrogens (tertiary/aromatic N) is 1. The molecule has 4 rings (SSSR count). The van der Waals surface area contributed by atoms with E-state index in [1.165, 1.54) is 38.5 Å². The van der Waals surface area contributed by atoms with Gasteiger partial charge >= 0.3 is 17.6 Å². The van der Waals surface area contributed by atoms with Crippen molar-refractivity contribution in [3.05, 3.63) is 106 Å². The molecule has 0 heterocycles. The lowest BCUT2D eigenvalue weighted by molar-refractivity contribution is -0.385. The van der Waals surface area contributed by atoms with Crippen molar-refractivity contribution in [1.82, 2.24) is 0 Å². The summed E-state index contributed by atoms with van der Waals surface area (Å²) in [7, 11) is 2.88. The van der Waals surface area contributed by atoms with Gasteiger partial charge in [-0.1, -0.05) is 48.5 Å². The smallest absolute Gasteiger partial charge is 0.335 e. The molecule has 0 amide bonds. The van der Waals surface area contributed by atoms with Crippen LogP contribution in [0.2, 0.25) is 0 Å². The quantitative estimate of drug-likeness (QED) is 0.161. The number of hydrogen-bond acceptors (Lipinski definition) is 7.